The largest absolute Gasteiger partial charge is 0.482 e. The van der Waals surface area contributed by atoms with Crippen LogP contribution in [-0.4, -0.2) is 35.8 Å². The Labute approximate surface area is 187 Å². The van der Waals surface area contributed by atoms with Gasteiger partial charge in [-0.15, -0.1) is 11.3 Å². The summed E-state index contributed by atoms with van der Waals surface area (Å²) in [4.78, 5) is 50.5. The van der Waals surface area contributed by atoms with Crippen molar-refractivity contribution in [2.75, 3.05) is 18.1 Å². The normalized spacial score (nSPS) is 15.5. The lowest BCUT2D eigenvalue weighted by Gasteiger charge is -2.28. The third-order valence-electron chi connectivity index (χ3n) is 5.43. The summed E-state index contributed by atoms with van der Waals surface area (Å²) in [5, 5.41) is 11.1. The zero-order valence-electron chi connectivity index (χ0n) is 17.2. The number of thiophene rings is 1. The number of nitro groups is 1. The molecule has 2 heterocycles. The number of nitro benzene ring substituents is 1. The minimum Gasteiger partial charge on any atom is -0.482 e. The topological polar surface area (TPSA) is 131 Å². The van der Waals surface area contributed by atoms with E-state index in [4.69, 9.17) is 4.74 Å². The van der Waals surface area contributed by atoms with Crippen molar-refractivity contribution in [2.24, 2.45) is 0 Å². The molecule has 1 aliphatic heterocycles. The maximum absolute atomic E-state index is 12.5. The highest BCUT2D eigenvalue weighted by atomic mass is 32.1. The Morgan fingerprint density at radius 3 is 2.69 bits per heavy atom. The lowest BCUT2D eigenvalue weighted by atomic mass is 10.00. The molecule has 32 heavy (non-hydrogen) atoms. The molecule has 11 heteroatoms. The molecule has 2 aliphatic rings. The van der Waals surface area contributed by atoms with Crippen molar-refractivity contribution in [3.63, 3.8) is 0 Å². The monoisotopic (exact) mass is 458 g/mol. The molecule has 4 rings (SSSR count). The van der Waals surface area contributed by atoms with E-state index in [1.54, 1.807) is 0 Å². The van der Waals surface area contributed by atoms with Gasteiger partial charge in [-0.2, -0.15) is 0 Å². The Morgan fingerprint density at radius 2 is 1.91 bits per heavy atom. The SMILES string of the molecule is O=C(CN1C(=O)COc2ccc([N+](=O)[O-])cc21)NNC(=O)c1cc2c(s1)CCCCCC2. The van der Waals surface area contributed by atoms with Gasteiger partial charge >= 0.3 is 0 Å². The van der Waals surface area contributed by atoms with E-state index in [0.717, 1.165) is 30.6 Å². The predicted molar refractivity (Wildman–Crippen MR) is 117 cm³/mol. The molecule has 3 amide bonds. The highest BCUT2D eigenvalue weighted by Gasteiger charge is 2.29. The second kappa shape index (κ2) is 9.35. The molecule has 1 aromatic heterocycles. The van der Waals surface area contributed by atoms with Crippen LogP contribution in [0.3, 0.4) is 0 Å². The van der Waals surface area contributed by atoms with Crippen LogP contribution in [0.1, 0.15) is 45.8 Å². The number of amides is 3. The summed E-state index contributed by atoms with van der Waals surface area (Å²) >= 11 is 1.44. The number of aryl methyl sites for hydroxylation is 2. The molecule has 0 radical (unpaired) electrons. The highest BCUT2D eigenvalue weighted by Crippen LogP contribution is 2.35. The number of hydrazine groups is 1. The molecule has 2 aromatic rings. The van der Waals surface area contributed by atoms with E-state index in [9.17, 15) is 24.5 Å². The predicted octanol–water partition coefficient (Wildman–Crippen LogP) is 2.50. The van der Waals surface area contributed by atoms with Gasteiger partial charge in [0.15, 0.2) is 6.61 Å². The zero-order valence-corrected chi connectivity index (χ0v) is 18.0. The summed E-state index contributed by atoms with van der Waals surface area (Å²) in [6.07, 6.45) is 6.52. The number of hydrogen-bond acceptors (Lipinski definition) is 7. The standard InChI is InChI=1S/C21H22N4O6S/c26-19(11-24-15-10-14(25(29)30)7-8-16(15)31-12-20(24)27)22-23-21(28)18-9-13-5-3-1-2-4-6-17(13)32-18/h7-10H,1-6,11-12H2,(H,22,26)(H,23,28). The molecule has 1 aliphatic carbocycles. The second-order valence-corrected chi connectivity index (χ2v) is 8.79. The number of nitrogens with zero attached hydrogens (tertiary/aromatic N) is 2. The third-order valence-corrected chi connectivity index (χ3v) is 6.67. The molecular formula is C21H22N4O6S. The quantitative estimate of drug-likeness (QED) is 0.535. The molecule has 0 bridgehead atoms. The number of ether oxygens (including phenoxy) is 1. The van der Waals surface area contributed by atoms with Crippen molar-refractivity contribution in [2.45, 2.75) is 38.5 Å². The first kappa shape index (κ1) is 21.8. The van der Waals surface area contributed by atoms with Crippen LogP contribution in [0.5, 0.6) is 5.75 Å². The summed E-state index contributed by atoms with van der Waals surface area (Å²) in [5.41, 5.74) is 5.82. The van der Waals surface area contributed by atoms with Gasteiger partial charge in [-0.05, 0) is 43.4 Å². The molecule has 10 nitrogen and oxygen atoms in total. The molecule has 0 saturated carbocycles. The van der Waals surface area contributed by atoms with Crippen LogP contribution < -0.4 is 20.5 Å². The van der Waals surface area contributed by atoms with Crippen LogP contribution in [0.25, 0.3) is 0 Å². The van der Waals surface area contributed by atoms with Crippen LogP contribution in [0, 0.1) is 10.1 Å². The minimum absolute atomic E-state index is 0.134. The summed E-state index contributed by atoms with van der Waals surface area (Å²) in [6, 6.07) is 5.71. The van der Waals surface area contributed by atoms with Crippen molar-refractivity contribution >= 4 is 40.4 Å². The molecule has 0 fully saturated rings. The van der Waals surface area contributed by atoms with Crippen LogP contribution in [0.4, 0.5) is 11.4 Å². The van der Waals surface area contributed by atoms with E-state index in [2.05, 4.69) is 10.9 Å². The molecule has 2 N–H and O–H groups in total. The first-order valence-electron chi connectivity index (χ1n) is 10.3. The minimum atomic E-state index is -0.638. The van der Waals surface area contributed by atoms with Gasteiger partial charge < -0.3 is 4.74 Å². The number of benzene rings is 1. The molecular weight excluding hydrogens is 436 g/mol. The van der Waals surface area contributed by atoms with Crippen LogP contribution in [0.15, 0.2) is 24.3 Å². The average Bonchev–Trinajstić information content (AvgIpc) is 3.15. The van der Waals surface area contributed by atoms with Gasteiger partial charge in [0.05, 0.1) is 15.5 Å². The lowest BCUT2D eigenvalue weighted by Crippen LogP contribution is -2.49. The van der Waals surface area contributed by atoms with Crippen molar-refractivity contribution in [3.8, 4) is 5.75 Å². The van der Waals surface area contributed by atoms with Crippen LogP contribution >= 0.6 is 11.3 Å². The fourth-order valence-corrected chi connectivity index (χ4v) is 4.95. The van der Waals surface area contributed by atoms with Crippen molar-refractivity contribution in [1.82, 2.24) is 10.9 Å². The Balaban J connectivity index is 1.40. The number of carbonyl (C=O) groups excluding carboxylic acids is 3. The van der Waals surface area contributed by atoms with E-state index in [1.165, 1.54) is 52.8 Å². The van der Waals surface area contributed by atoms with Crippen molar-refractivity contribution in [3.05, 3.63) is 49.7 Å². The number of nitrogens with one attached hydrogen (secondary N) is 2. The smallest absolute Gasteiger partial charge is 0.279 e. The molecule has 0 atom stereocenters. The van der Waals surface area contributed by atoms with Gasteiger partial charge in [0.2, 0.25) is 0 Å². The van der Waals surface area contributed by atoms with E-state index in [1.807, 2.05) is 6.07 Å². The summed E-state index contributed by atoms with van der Waals surface area (Å²) < 4.78 is 5.28. The second-order valence-electron chi connectivity index (χ2n) is 7.65. The highest BCUT2D eigenvalue weighted by molar-refractivity contribution is 7.14. The Morgan fingerprint density at radius 1 is 1.12 bits per heavy atom. The molecule has 1 aromatic carbocycles. The van der Waals surface area contributed by atoms with Crippen LogP contribution in [0.2, 0.25) is 0 Å². The fourth-order valence-electron chi connectivity index (χ4n) is 3.80. The van der Waals surface area contributed by atoms with Gasteiger partial charge in [-0.3, -0.25) is 40.2 Å². The number of fused-ring (bicyclic) bond motifs is 2. The third kappa shape index (κ3) is 4.72. The van der Waals surface area contributed by atoms with E-state index < -0.39 is 29.2 Å². The Bertz CT molecular complexity index is 1060. The number of hydrogen-bond donors (Lipinski definition) is 2. The Hall–Kier alpha value is -3.47. The number of rotatable bonds is 4. The van der Waals surface area contributed by atoms with Gasteiger partial charge in [0, 0.05) is 17.0 Å². The maximum Gasteiger partial charge on any atom is 0.279 e. The summed E-state index contributed by atoms with van der Waals surface area (Å²) in [7, 11) is 0. The molecule has 168 valence electrons. The van der Waals surface area contributed by atoms with Crippen molar-refractivity contribution in [1.29, 1.82) is 0 Å². The number of non-ortho nitro benzene ring substituents is 1. The van der Waals surface area contributed by atoms with Gasteiger partial charge in [-0.1, -0.05) is 12.8 Å². The molecule has 0 spiro atoms. The summed E-state index contributed by atoms with van der Waals surface area (Å²) in [5.74, 6) is -1.30. The van der Waals surface area contributed by atoms with Crippen LogP contribution in [-0.2, 0) is 22.4 Å². The molecule has 0 saturated heterocycles. The average molecular weight is 458 g/mol. The zero-order chi connectivity index (χ0) is 22.7. The first-order valence-corrected chi connectivity index (χ1v) is 11.2. The van der Waals surface area contributed by atoms with Gasteiger partial charge in [0.25, 0.3) is 23.4 Å². The van der Waals surface area contributed by atoms with E-state index in [0.29, 0.717) is 4.88 Å². The summed E-state index contributed by atoms with van der Waals surface area (Å²) in [6.45, 7) is -0.706. The maximum atomic E-state index is 12.5. The number of carbonyl (C=O) groups is 3. The molecule has 0 unspecified atom stereocenters. The van der Waals surface area contributed by atoms with E-state index in [-0.39, 0.29) is 23.7 Å². The fraction of sp³-hybridized carbons (Fsp3) is 0.381. The van der Waals surface area contributed by atoms with Gasteiger partial charge in [-0.25, -0.2) is 0 Å². The van der Waals surface area contributed by atoms with E-state index >= 15 is 0 Å². The van der Waals surface area contributed by atoms with Crippen molar-refractivity contribution < 1.29 is 24.0 Å². The lowest BCUT2D eigenvalue weighted by molar-refractivity contribution is -0.384. The first-order chi connectivity index (χ1) is 15.4. The Kier molecular flexibility index (Phi) is 6.35. The number of anilines is 1. The van der Waals surface area contributed by atoms with Gasteiger partial charge in [0.1, 0.15) is 12.3 Å².